The van der Waals surface area contributed by atoms with Crippen molar-refractivity contribution in [2.45, 2.75) is 19.8 Å². The molecule has 0 spiro atoms. The summed E-state index contributed by atoms with van der Waals surface area (Å²) in [6, 6.07) is 0. The summed E-state index contributed by atoms with van der Waals surface area (Å²) in [6.45, 7) is 8.11. The van der Waals surface area contributed by atoms with Crippen LogP contribution in [-0.4, -0.2) is 75.9 Å². The Morgan fingerprint density at radius 3 is 2.55 bits per heavy atom. The predicted octanol–water partition coefficient (Wildman–Crippen LogP) is 0.840. The van der Waals surface area contributed by atoms with E-state index in [-0.39, 0.29) is 11.3 Å². The summed E-state index contributed by atoms with van der Waals surface area (Å²) in [7, 11) is 3.68. The average molecular weight is 284 g/mol. The fourth-order valence-corrected chi connectivity index (χ4v) is 3.08. The van der Waals surface area contributed by atoms with E-state index in [0.29, 0.717) is 19.1 Å². The van der Waals surface area contributed by atoms with Gasteiger partial charge in [0, 0.05) is 27.2 Å². The van der Waals surface area contributed by atoms with Crippen molar-refractivity contribution < 1.29 is 14.3 Å². The number of amides is 1. The molecule has 0 saturated carbocycles. The third-order valence-corrected chi connectivity index (χ3v) is 4.56. The Morgan fingerprint density at radius 2 is 2.05 bits per heavy atom. The van der Waals surface area contributed by atoms with Gasteiger partial charge in [0.05, 0.1) is 25.2 Å². The first-order valence-electron chi connectivity index (χ1n) is 7.60. The number of hydrogen-bond donors (Lipinski definition) is 0. The Morgan fingerprint density at radius 1 is 1.40 bits per heavy atom. The molecule has 2 aliphatic heterocycles. The van der Waals surface area contributed by atoms with Gasteiger partial charge < -0.3 is 19.3 Å². The van der Waals surface area contributed by atoms with Crippen molar-refractivity contribution in [2.75, 3.05) is 60.2 Å². The summed E-state index contributed by atoms with van der Waals surface area (Å²) in [5.74, 6) is 0.873. The molecule has 0 aliphatic carbocycles. The van der Waals surface area contributed by atoms with Crippen LogP contribution in [0.15, 0.2) is 0 Å². The highest BCUT2D eigenvalue weighted by Crippen LogP contribution is 2.29. The van der Waals surface area contributed by atoms with Gasteiger partial charge in [0.1, 0.15) is 0 Å². The Balaban J connectivity index is 1.70. The summed E-state index contributed by atoms with van der Waals surface area (Å²) in [5, 5.41) is 0. The monoisotopic (exact) mass is 284 g/mol. The molecular weight excluding hydrogens is 256 g/mol. The molecule has 0 N–H and O–H groups in total. The third-order valence-electron chi connectivity index (χ3n) is 4.56. The molecule has 116 valence electrons. The highest BCUT2D eigenvalue weighted by atomic mass is 16.5. The van der Waals surface area contributed by atoms with Gasteiger partial charge in [-0.05, 0) is 38.8 Å². The fraction of sp³-hybridized carbons (Fsp3) is 0.933. The number of ether oxygens (including phenoxy) is 2. The van der Waals surface area contributed by atoms with Gasteiger partial charge in [0.2, 0.25) is 5.91 Å². The first-order chi connectivity index (χ1) is 9.55. The van der Waals surface area contributed by atoms with Crippen LogP contribution in [0.2, 0.25) is 0 Å². The number of nitrogens with zero attached hydrogens (tertiary/aromatic N) is 2. The number of piperidine rings is 1. The van der Waals surface area contributed by atoms with E-state index in [2.05, 4.69) is 4.90 Å². The largest absolute Gasteiger partial charge is 0.383 e. The second kappa shape index (κ2) is 6.87. The summed E-state index contributed by atoms with van der Waals surface area (Å²) in [6.07, 6.45) is 2.35. The topological polar surface area (TPSA) is 42.0 Å². The molecule has 2 rings (SSSR count). The molecule has 0 aromatic heterocycles. The van der Waals surface area contributed by atoms with Gasteiger partial charge in [-0.1, -0.05) is 0 Å². The number of hydrogen-bond acceptors (Lipinski definition) is 4. The molecular formula is C15H28N2O3. The number of rotatable bonds is 6. The van der Waals surface area contributed by atoms with Crippen LogP contribution in [-0.2, 0) is 14.3 Å². The maximum absolute atomic E-state index is 12.3. The maximum Gasteiger partial charge on any atom is 0.232 e. The molecule has 5 heteroatoms. The lowest BCUT2D eigenvalue weighted by Crippen LogP contribution is -2.53. The van der Waals surface area contributed by atoms with Crippen molar-refractivity contribution in [3.05, 3.63) is 0 Å². The second-order valence-electron chi connectivity index (χ2n) is 6.52. The van der Waals surface area contributed by atoms with Crippen molar-refractivity contribution in [3.8, 4) is 0 Å². The SMILES string of the molecule is COCCN1CCC(CN(C)C(=O)C2(C)COC2)CC1. The molecule has 20 heavy (non-hydrogen) atoms. The van der Waals surface area contributed by atoms with Crippen LogP contribution in [0.3, 0.4) is 0 Å². The number of carbonyl (C=O) groups is 1. The molecule has 0 bridgehead atoms. The minimum Gasteiger partial charge on any atom is -0.383 e. The van der Waals surface area contributed by atoms with Crippen LogP contribution in [0.1, 0.15) is 19.8 Å². The predicted molar refractivity (Wildman–Crippen MR) is 77.6 cm³/mol. The zero-order valence-electron chi connectivity index (χ0n) is 13.1. The highest BCUT2D eigenvalue weighted by molar-refractivity contribution is 5.83. The molecule has 2 aliphatic rings. The Kier molecular flexibility index (Phi) is 5.41. The number of carbonyl (C=O) groups excluding carboxylic acids is 1. The van der Waals surface area contributed by atoms with E-state index in [0.717, 1.165) is 32.8 Å². The van der Waals surface area contributed by atoms with E-state index in [1.54, 1.807) is 7.11 Å². The average Bonchev–Trinajstić information content (AvgIpc) is 2.43. The van der Waals surface area contributed by atoms with Gasteiger partial charge in [0.15, 0.2) is 0 Å². The van der Waals surface area contributed by atoms with Crippen molar-refractivity contribution in [1.82, 2.24) is 9.80 Å². The summed E-state index contributed by atoms with van der Waals surface area (Å²) < 4.78 is 10.3. The quantitative estimate of drug-likeness (QED) is 0.725. The summed E-state index contributed by atoms with van der Waals surface area (Å²) >= 11 is 0. The lowest BCUT2D eigenvalue weighted by molar-refractivity contribution is -0.168. The molecule has 0 unspecified atom stereocenters. The van der Waals surface area contributed by atoms with Crippen molar-refractivity contribution in [2.24, 2.45) is 11.3 Å². The summed E-state index contributed by atoms with van der Waals surface area (Å²) in [4.78, 5) is 16.7. The van der Waals surface area contributed by atoms with Gasteiger partial charge in [0.25, 0.3) is 0 Å². The molecule has 1 amide bonds. The van der Waals surface area contributed by atoms with E-state index in [1.807, 2.05) is 18.9 Å². The lowest BCUT2D eigenvalue weighted by Gasteiger charge is -2.41. The molecule has 2 heterocycles. The molecule has 2 fully saturated rings. The number of methoxy groups -OCH3 is 1. The van der Waals surface area contributed by atoms with Crippen LogP contribution in [0, 0.1) is 11.3 Å². The molecule has 2 saturated heterocycles. The Hall–Kier alpha value is -0.650. The van der Waals surface area contributed by atoms with Crippen LogP contribution in [0.25, 0.3) is 0 Å². The molecule has 0 aromatic rings. The van der Waals surface area contributed by atoms with Crippen molar-refractivity contribution >= 4 is 5.91 Å². The summed E-state index contributed by atoms with van der Waals surface area (Å²) in [5.41, 5.74) is -0.270. The van der Waals surface area contributed by atoms with Gasteiger partial charge in [-0.3, -0.25) is 4.79 Å². The van der Waals surface area contributed by atoms with Crippen molar-refractivity contribution in [1.29, 1.82) is 0 Å². The molecule has 5 nitrogen and oxygen atoms in total. The first kappa shape index (κ1) is 15.7. The highest BCUT2D eigenvalue weighted by Gasteiger charge is 2.43. The van der Waals surface area contributed by atoms with Crippen molar-refractivity contribution in [3.63, 3.8) is 0 Å². The third kappa shape index (κ3) is 3.71. The van der Waals surface area contributed by atoms with Gasteiger partial charge in [-0.15, -0.1) is 0 Å². The van der Waals surface area contributed by atoms with E-state index in [4.69, 9.17) is 9.47 Å². The minimum atomic E-state index is -0.270. The molecule has 0 radical (unpaired) electrons. The van der Waals surface area contributed by atoms with Crippen LogP contribution >= 0.6 is 0 Å². The van der Waals surface area contributed by atoms with E-state index < -0.39 is 0 Å². The second-order valence-corrected chi connectivity index (χ2v) is 6.52. The zero-order chi connectivity index (χ0) is 14.6. The van der Waals surface area contributed by atoms with Gasteiger partial charge in [-0.25, -0.2) is 0 Å². The lowest BCUT2D eigenvalue weighted by atomic mass is 9.86. The minimum absolute atomic E-state index is 0.241. The molecule has 0 aromatic carbocycles. The zero-order valence-corrected chi connectivity index (χ0v) is 13.1. The van der Waals surface area contributed by atoms with E-state index in [1.165, 1.54) is 12.8 Å². The van der Waals surface area contributed by atoms with E-state index in [9.17, 15) is 4.79 Å². The Labute approximate surface area is 122 Å². The maximum atomic E-state index is 12.3. The standard InChI is InChI=1S/C15H28N2O3/c1-15(11-20-12-15)14(18)16(2)10-13-4-6-17(7-5-13)8-9-19-3/h13H,4-12H2,1-3H3. The Bertz CT molecular complexity index is 323. The van der Waals surface area contributed by atoms with Crippen LogP contribution in [0.5, 0.6) is 0 Å². The smallest absolute Gasteiger partial charge is 0.232 e. The van der Waals surface area contributed by atoms with E-state index >= 15 is 0 Å². The molecule has 0 atom stereocenters. The van der Waals surface area contributed by atoms with Gasteiger partial charge >= 0.3 is 0 Å². The number of likely N-dealkylation sites (tertiary alicyclic amines) is 1. The fourth-order valence-electron chi connectivity index (χ4n) is 3.08. The first-order valence-corrected chi connectivity index (χ1v) is 7.60. The normalized spacial score (nSPS) is 23.4. The van der Waals surface area contributed by atoms with Gasteiger partial charge in [-0.2, -0.15) is 0 Å². The van der Waals surface area contributed by atoms with Crippen LogP contribution in [0.4, 0.5) is 0 Å². The van der Waals surface area contributed by atoms with Crippen LogP contribution < -0.4 is 0 Å².